The lowest BCUT2D eigenvalue weighted by molar-refractivity contribution is 0.0470. The van der Waals surface area contributed by atoms with Crippen molar-refractivity contribution in [3.05, 3.63) is 60.4 Å². The molecule has 3 rings (SSSR count). The van der Waals surface area contributed by atoms with Gasteiger partial charge in [0.15, 0.2) is 0 Å². The highest BCUT2D eigenvalue weighted by Crippen LogP contribution is 2.21. The number of nitrogens with one attached hydrogen (secondary N) is 3. The normalized spacial score (nSPS) is 10.6. The number of ether oxygens (including phenoxy) is 2. The lowest BCUT2D eigenvalue weighted by atomic mass is 10.2. The van der Waals surface area contributed by atoms with Crippen LogP contribution in [0.3, 0.4) is 0 Å². The molecule has 0 unspecified atom stereocenters. The lowest BCUT2D eigenvalue weighted by Crippen LogP contribution is -2.28. The molecule has 0 saturated carbocycles. The van der Waals surface area contributed by atoms with Gasteiger partial charge in [-0.05, 0) is 37.4 Å². The Labute approximate surface area is 182 Å². The summed E-state index contributed by atoms with van der Waals surface area (Å²) in [5.74, 6) is -0.960. The number of aromatic nitrogens is 4. The molecular weight excluding hydrogens is 418 g/mol. The van der Waals surface area contributed by atoms with Crippen molar-refractivity contribution in [3.63, 3.8) is 0 Å². The maximum atomic E-state index is 12.3. The van der Waals surface area contributed by atoms with Crippen LogP contribution in [0.2, 0.25) is 0 Å². The summed E-state index contributed by atoms with van der Waals surface area (Å²) in [7, 11) is 1.69. The number of benzene rings is 1. The Morgan fingerprint density at radius 3 is 2.81 bits per heavy atom. The van der Waals surface area contributed by atoms with E-state index in [2.05, 4.69) is 30.7 Å². The fraction of sp³-hybridized carbons (Fsp3) is 0.150. The number of carbonyl (C=O) groups excluding carboxylic acids is 2. The topological polar surface area (TPSA) is 165 Å². The van der Waals surface area contributed by atoms with E-state index in [0.717, 1.165) is 0 Å². The van der Waals surface area contributed by atoms with E-state index in [1.54, 1.807) is 32.2 Å². The van der Waals surface area contributed by atoms with E-state index in [0.29, 0.717) is 11.3 Å². The molecule has 1 aromatic carbocycles. The van der Waals surface area contributed by atoms with Crippen molar-refractivity contribution in [1.29, 1.82) is 5.41 Å². The molecule has 2 aromatic heterocycles. The SMILES string of the molecule is CCOC(=O)c1nc(-c2cnc(Oc3cccc(C(=O)NC(=N)/C=C\NC)c3)cn2)no1. The van der Waals surface area contributed by atoms with Crippen LogP contribution in [-0.2, 0) is 4.74 Å². The molecule has 0 fully saturated rings. The van der Waals surface area contributed by atoms with Gasteiger partial charge in [0, 0.05) is 12.6 Å². The summed E-state index contributed by atoms with van der Waals surface area (Å²) in [6.45, 7) is 1.84. The number of nitrogens with zero attached hydrogens (tertiary/aromatic N) is 4. The average Bonchev–Trinajstić information content (AvgIpc) is 3.29. The molecule has 12 heteroatoms. The Morgan fingerprint density at radius 1 is 1.25 bits per heavy atom. The van der Waals surface area contributed by atoms with Gasteiger partial charge in [-0.1, -0.05) is 11.2 Å². The fourth-order valence-electron chi connectivity index (χ4n) is 2.31. The number of hydrogen-bond donors (Lipinski definition) is 3. The van der Waals surface area contributed by atoms with Crippen LogP contribution in [0.4, 0.5) is 0 Å². The number of amidine groups is 1. The van der Waals surface area contributed by atoms with Gasteiger partial charge < -0.3 is 24.6 Å². The van der Waals surface area contributed by atoms with Crippen LogP contribution in [0.15, 0.2) is 53.5 Å². The summed E-state index contributed by atoms with van der Waals surface area (Å²) in [6.07, 6.45) is 5.62. The zero-order chi connectivity index (χ0) is 22.9. The van der Waals surface area contributed by atoms with Gasteiger partial charge in [-0.2, -0.15) is 4.98 Å². The van der Waals surface area contributed by atoms with Gasteiger partial charge in [-0.3, -0.25) is 10.2 Å². The van der Waals surface area contributed by atoms with Gasteiger partial charge in [0.1, 0.15) is 17.3 Å². The molecule has 0 saturated heterocycles. The Hall–Kier alpha value is -4.61. The van der Waals surface area contributed by atoms with Crippen LogP contribution in [0.1, 0.15) is 28.0 Å². The van der Waals surface area contributed by atoms with Gasteiger partial charge in [-0.15, -0.1) is 0 Å². The van der Waals surface area contributed by atoms with E-state index in [4.69, 9.17) is 19.4 Å². The van der Waals surface area contributed by atoms with E-state index in [1.165, 1.54) is 30.7 Å². The van der Waals surface area contributed by atoms with E-state index in [9.17, 15) is 9.59 Å². The van der Waals surface area contributed by atoms with Gasteiger partial charge >= 0.3 is 11.9 Å². The van der Waals surface area contributed by atoms with Crippen molar-refractivity contribution in [2.24, 2.45) is 0 Å². The molecule has 3 N–H and O–H groups in total. The highest BCUT2D eigenvalue weighted by atomic mass is 16.6. The predicted octanol–water partition coefficient (Wildman–Crippen LogP) is 1.94. The van der Waals surface area contributed by atoms with Crippen molar-refractivity contribution in [2.45, 2.75) is 6.92 Å². The summed E-state index contributed by atoms with van der Waals surface area (Å²) in [6, 6.07) is 6.37. The third-order valence-corrected chi connectivity index (χ3v) is 3.72. The van der Waals surface area contributed by atoms with Crippen LogP contribution in [0, 0.1) is 5.41 Å². The van der Waals surface area contributed by atoms with Crippen LogP contribution in [-0.4, -0.2) is 51.5 Å². The monoisotopic (exact) mass is 437 g/mol. The molecule has 3 aromatic rings. The smallest absolute Gasteiger partial charge is 0.397 e. The van der Waals surface area contributed by atoms with E-state index < -0.39 is 11.9 Å². The first-order valence-electron chi connectivity index (χ1n) is 9.35. The van der Waals surface area contributed by atoms with Crippen molar-refractivity contribution in [2.75, 3.05) is 13.7 Å². The van der Waals surface area contributed by atoms with Crippen molar-refractivity contribution in [3.8, 4) is 23.1 Å². The summed E-state index contributed by atoms with van der Waals surface area (Å²) in [5, 5.41) is 16.5. The summed E-state index contributed by atoms with van der Waals surface area (Å²) >= 11 is 0. The molecular formula is C20H19N7O5. The molecule has 0 spiro atoms. The number of esters is 1. The zero-order valence-corrected chi connectivity index (χ0v) is 17.2. The highest BCUT2D eigenvalue weighted by molar-refractivity contribution is 6.09. The third-order valence-electron chi connectivity index (χ3n) is 3.72. The Balaban J connectivity index is 1.66. The van der Waals surface area contributed by atoms with Crippen LogP contribution < -0.4 is 15.4 Å². The second kappa shape index (κ2) is 10.4. The van der Waals surface area contributed by atoms with Crippen molar-refractivity contribution >= 4 is 17.7 Å². The Bertz CT molecular complexity index is 1140. The maximum absolute atomic E-state index is 12.3. The zero-order valence-electron chi connectivity index (χ0n) is 17.2. The fourth-order valence-corrected chi connectivity index (χ4v) is 2.31. The van der Waals surface area contributed by atoms with E-state index in [1.807, 2.05) is 0 Å². The van der Waals surface area contributed by atoms with Crippen LogP contribution in [0.5, 0.6) is 11.6 Å². The minimum Gasteiger partial charge on any atom is -0.459 e. The van der Waals surface area contributed by atoms with Crippen LogP contribution >= 0.6 is 0 Å². The molecule has 0 aliphatic rings. The Morgan fingerprint density at radius 2 is 2.09 bits per heavy atom. The minimum absolute atomic E-state index is 0.0651. The van der Waals surface area contributed by atoms with E-state index in [-0.39, 0.29) is 35.7 Å². The second-order valence-electron chi connectivity index (χ2n) is 6.00. The quantitative estimate of drug-likeness (QED) is 0.269. The molecule has 164 valence electrons. The lowest BCUT2D eigenvalue weighted by Gasteiger charge is -2.07. The Kier molecular flexibility index (Phi) is 7.20. The maximum Gasteiger partial charge on any atom is 0.397 e. The van der Waals surface area contributed by atoms with Gasteiger partial charge in [0.05, 0.1) is 19.0 Å². The average molecular weight is 437 g/mol. The molecule has 1 amide bonds. The van der Waals surface area contributed by atoms with Crippen molar-refractivity contribution < 1.29 is 23.6 Å². The summed E-state index contributed by atoms with van der Waals surface area (Å²) in [5.41, 5.74) is 0.561. The third kappa shape index (κ3) is 5.72. The molecule has 2 heterocycles. The highest BCUT2D eigenvalue weighted by Gasteiger charge is 2.18. The molecule has 12 nitrogen and oxygen atoms in total. The molecule has 0 atom stereocenters. The number of rotatable bonds is 8. The molecule has 0 aliphatic carbocycles. The summed E-state index contributed by atoms with van der Waals surface area (Å²) < 4.78 is 15.3. The summed E-state index contributed by atoms with van der Waals surface area (Å²) in [4.78, 5) is 36.1. The first kappa shape index (κ1) is 22.1. The first-order valence-corrected chi connectivity index (χ1v) is 9.35. The van der Waals surface area contributed by atoms with Gasteiger partial charge in [-0.25, -0.2) is 14.8 Å². The molecule has 0 bridgehead atoms. The largest absolute Gasteiger partial charge is 0.459 e. The van der Waals surface area contributed by atoms with Gasteiger partial charge in [0.25, 0.3) is 5.91 Å². The number of hydrogen-bond acceptors (Lipinski definition) is 11. The molecule has 32 heavy (non-hydrogen) atoms. The number of amides is 1. The standard InChI is InChI=1S/C20H19N7O5/c1-3-30-20(29)19-26-17(27-32-19)14-10-24-16(11-23-14)31-13-6-4-5-12(9-13)18(28)25-15(21)7-8-22-2/h4-11,22H,3H2,1-2H3,(H2,21,25,28)/b8-7-. The first-order chi connectivity index (χ1) is 15.5. The predicted molar refractivity (Wildman–Crippen MR) is 111 cm³/mol. The molecule has 0 radical (unpaired) electrons. The van der Waals surface area contributed by atoms with E-state index >= 15 is 0 Å². The van der Waals surface area contributed by atoms with Crippen LogP contribution in [0.25, 0.3) is 11.5 Å². The van der Waals surface area contributed by atoms with Crippen molar-refractivity contribution in [1.82, 2.24) is 30.7 Å². The number of carbonyl (C=O) groups is 2. The minimum atomic E-state index is -0.726. The second-order valence-corrected chi connectivity index (χ2v) is 6.00. The molecule has 0 aliphatic heterocycles. The van der Waals surface area contributed by atoms with Gasteiger partial charge in [0.2, 0.25) is 11.7 Å².